The highest BCUT2D eigenvalue weighted by Gasteiger charge is 2.52. The molecule has 1 unspecified atom stereocenters. The Balaban J connectivity index is 2.19. The minimum absolute atomic E-state index is 0.124. The van der Waals surface area contributed by atoms with Gasteiger partial charge in [-0.1, -0.05) is 0 Å². The van der Waals surface area contributed by atoms with Crippen LogP contribution >= 0.6 is 53.2 Å². The minimum Gasteiger partial charge on any atom is -0.369 e. The van der Waals surface area contributed by atoms with Crippen LogP contribution < -0.4 is 0 Å². The number of ether oxygens (including phenoxy) is 2. The lowest BCUT2D eigenvalue weighted by Gasteiger charge is -2.50. The van der Waals surface area contributed by atoms with Gasteiger partial charge in [0, 0.05) is 12.2 Å². The molecule has 9 heteroatoms. The third-order valence-electron chi connectivity index (χ3n) is 2.73. The van der Waals surface area contributed by atoms with Crippen molar-refractivity contribution < 1.29 is 26.9 Å². The summed E-state index contributed by atoms with van der Waals surface area (Å²) in [6.45, 7) is 0.296. The van der Waals surface area contributed by atoms with Crippen LogP contribution in [0.3, 0.4) is 0 Å². The van der Waals surface area contributed by atoms with Crippen molar-refractivity contribution in [2.45, 2.75) is 28.3 Å². The van der Waals surface area contributed by atoms with Gasteiger partial charge in [0.05, 0.1) is 6.61 Å². The molecule has 17 heavy (non-hydrogen) atoms. The second-order valence-electron chi connectivity index (χ2n) is 4.05. The van der Waals surface area contributed by atoms with Gasteiger partial charge in [-0.05, 0) is 28.7 Å². The van der Waals surface area contributed by atoms with Crippen LogP contribution in [0.2, 0.25) is 0 Å². The summed E-state index contributed by atoms with van der Waals surface area (Å²) >= 11 is 3.91. The summed E-state index contributed by atoms with van der Waals surface area (Å²) in [6.07, 6.45) is 1.69. The molecular weight excluding hydrogens is 477 g/mol. The lowest BCUT2D eigenvalue weighted by atomic mass is 9.88. The SMILES string of the molecule is O=P(O)(O)/C=C/[C@@]12CO[C@@H](C(I)O1)[C@H](OI)C2. The number of fused-ring (bicyclic) bond motifs is 3. The number of hydrogen-bond acceptors (Lipinski definition) is 4. The molecule has 3 heterocycles. The first-order valence-corrected chi connectivity index (χ1v) is 8.63. The smallest absolute Gasteiger partial charge is 0.348 e. The zero-order valence-electron chi connectivity index (χ0n) is 8.53. The van der Waals surface area contributed by atoms with Gasteiger partial charge in [-0.15, -0.1) is 0 Å². The molecule has 0 saturated carbocycles. The van der Waals surface area contributed by atoms with Crippen LogP contribution in [0, 0.1) is 0 Å². The standard InChI is InChI=1S/C8H11I2O6P/c9-7-6-5(16-10)3-8(15-7,4-14-6)1-2-17(11,12)13/h1-2,5-7H,3-4H2,(H2,11,12,13)/b2-1+/t5-,6-,7?,8-/m1/s1. The van der Waals surface area contributed by atoms with Gasteiger partial charge >= 0.3 is 7.60 Å². The van der Waals surface area contributed by atoms with Gasteiger partial charge in [-0.3, -0.25) is 4.57 Å². The Morgan fingerprint density at radius 3 is 2.76 bits per heavy atom. The highest BCUT2D eigenvalue weighted by Crippen LogP contribution is 2.45. The van der Waals surface area contributed by atoms with Gasteiger partial charge < -0.3 is 22.3 Å². The van der Waals surface area contributed by atoms with E-state index in [2.05, 4.69) is 22.6 Å². The van der Waals surface area contributed by atoms with E-state index < -0.39 is 13.2 Å². The predicted molar refractivity (Wildman–Crippen MR) is 76.1 cm³/mol. The van der Waals surface area contributed by atoms with Crippen molar-refractivity contribution in [3.8, 4) is 0 Å². The fourth-order valence-electron chi connectivity index (χ4n) is 1.95. The molecule has 3 aliphatic rings. The molecule has 2 bridgehead atoms. The first-order valence-electron chi connectivity index (χ1n) is 4.82. The summed E-state index contributed by atoms with van der Waals surface area (Å²) in [5, 5.41) is 0. The van der Waals surface area contributed by atoms with E-state index in [1.54, 1.807) is 0 Å². The molecule has 98 valence electrons. The van der Waals surface area contributed by atoms with Crippen LogP contribution in [-0.2, 0) is 17.1 Å². The third kappa shape index (κ3) is 3.41. The molecular formula is C8H11I2O6P. The summed E-state index contributed by atoms with van der Waals surface area (Å²) in [7, 11) is -4.18. The molecule has 0 aliphatic carbocycles. The molecule has 0 amide bonds. The molecule has 0 aromatic rings. The van der Waals surface area contributed by atoms with Gasteiger partial charge in [0.1, 0.15) is 44.9 Å². The van der Waals surface area contributed by atoms with Crippen LogP contribution in [0.25, 0.3) is 0 Å². The molecule has 0 spiro atoms. The van der Waals surface area contributed by atoms with Crippen molar-refractivity contribution >= 4 is 53.2 Å². The van der Waals surface area contributed by atoms with Crippen LogP contribution in [-0.4, -0.2) is 38.3 Å². The number of alkyl halides is 1. The van der Waals surface area contributed by atoms with Crippen molar-refractivity contribution in [1.82, 2.24) is 0 Å². The van der Waals surface area contributed by atoms with E-state index in [0.717, 1.165) is 5.82 Å². The van der Waals surface area contributed by atoms with E-state index in [-0.39, 0.29) is 16.3 Å². The van der Waals surface area contributed by atoms with Crippen molar-refractivity contribution in [3.63, 3.8) is 0 Å². The number of hydrogen-bond donors (Lipinski definition) is 2. The number of halogens is 2. The first kappa shape index (κ1) is 14.6. The molecule has 0 radical (unpaired) electrons. The average Bonchev–Trinajstić information content (AvgIpc) is 2.26. The van der Waals surface area contributed by atoms with Crippen molar-refractivity contribution in [3.05, 3.63) is 11.9 Å². The van der Waals surface area contributed by atoms with Gasteiger partial charge in [0.2, 0.25) is 0 Å². The van der Waals surface area contributed by atoms with Crippen LogP contribution in [0.15, 0.2) is 11.9 Å². The van der Waals surface area contributed by atoms with Gasteiger partial charge in [-0.2, -0.15) is 0 Å². The zero-order chi connectivity index (χ0) is 12.7. The van der Waals surface area contributed by atoms with E-state index in [4.69, 9.17) is 22.3 Å². The quantitative estimate of drug-likeness (QED) is 0.358. The largest absolute Gasteiger partial charge is 0.369 e. The second-order valence-corrected chi connectivity index (χ2v) is 7.26. The fraction of sp³-hybridized carbons (Fsp3) is 0.750. The number of rotatable bonds is 3. The third-order valence-corrected chi connectivity index (χ3v) is 4.88. The Morgan fingerprint density at radius 2 is 2.24 bits per heavy atom. The summed E-state index contributed by atoms with van der Waals surface area (Å²) in [4.78, 5) is 17.7. The summed E-state index contributed by atoms with van der Waals surface area (Å²) in [5.74, 6) is 0.871. The Hall–Kier alpha value is 1.23. The lowest BCUT2D eigenvalue weighted by Crippen LogP contribution is -2.61. The monoisotopic (exact) mass is 488 g/mol. The van der Waals surface area contributed by atoms with E-state index in [9.17, 15) is 4.57 Å². The Kier molecular flexibility index (Phi) is 4.57. The van der Waals surface area contributed by atoms with Crippen molar-refractivity contribution in [1.29, 1.82) is 0 Å². The second kappa shape index (κ2) is 5.31. The van der Waals surface area contributed by atoms with Gasteiger partial charge in [0.25, 0.3) is 0 Å². The van der Waals surface area contributed by atoms with Gasteiger partial charge in [0.15, 0.2) is 0 Å². The maximum absolute atomic E-state index is 10.9. The van der Waals surface area contributed by atoms with E-state index in [1.807, 2.05) is 23.0 Å². The highest BCUT2D eigenvalue weighted by atomic mass is 127. The van der Waals surface area contributed by atoms with Gasteiger partial charge in [-0.25, -0.2) is 0 Å². The summed E-state index contributed by atoms with van der Waals surface area (Å²) in [5.41, 5.74) is -0.794. The molecule has 6 nitrogen and oxygen atoms in total. The minimum atomic E-state index is -4.18. The molecule has 0 aromatic heterocycles. The summed E-state index contributed by atoms with van der Waals surface area (Å²) in [6, 6.07) is 0. The van der Waals surface area contributed by atoms with Crippen LogP contribution in [0.4, 0.5) is 0 Å². The Bertz CT molecular complexity index is 371. The van der Waals surface area contributed by atoms with Crippen molar-refractivity contribution in [2.24, 2.45) is 0 Å². The maximum atomic E-state index is 10.9. The van der Waals surface area contributed by atoms with Crippen molar-refractivity contribution in [2.75, 3.05) is 6.61 Å². The van der Waals surface area contributed by atoms with Crippen LogP contribution in [0.1, 0.15) is 6.42 Å². The first-order chi connectivity index (χ1) is 7.85. The van der Waals surface area contributed by atoms with E-state index >= 15 is 0 Å². The molecule has 3 saturated heterocycles. The fourth-order valence-corrected chi connectivity index (χ4v) is 4.06. The Morgan fingerprint density at radius 1 is 1.53 bits per heavy atom. The molecule has 3 fully saturated rings. The molecule has 0 aromatic carbocycles. The highest BCUT2D eigenvalue weighted by molar-refractivity contribution is 14.1. The Labute approximate surface area is 126 Å². The van der Waals surface area contributed by atoms with Crippen LogP contribution in [0.5, 0.6) is 0 Å². The van der Waals surface area contributed by atoms with E-state index in [0.29, 0.717) is 13.0 Å². The lowest BCUT2D eigenvalue weighted by molar-refractivity contribution is -0.245. The molecule has 3 aliphatic heterocycles. The summed E-state index contributed by atoms with van der Waals surface area (Å²) < 4.78 is 27.3. The predicted octanol–water partition coefficient (Wildman–Crippen LogP) is 1.73. The average molecular weight is 488 g/mol. The maximum Gasteiger partial charge on any atom is 0.348 e. The molecule has 2 N–H and O–H groups in total. The zero-order valence-corrected chi connectivity index (χ0v) is 13.7. The molecule has 4 atom stereocenters. The van der Waals surface area contributed by atoms with E-state index in [1.165, 1.54) is 6.08 Å². The topological polar surface area (TPSA) is 85.2 Å². The molecule has 3 rings (SSSR count). The normalized spacial score (nSPS) is 42.2.